The van der Waals surface area contributed by atoms with Crippen LogP contribution < -0.4 is 5.32 Å². The lowest BCUT2D eigenvalue weighted by Crippen LogP contribution is -2.29. The summed E-state index contributed by atoms with van der Waals surface area (Å²) in [7, 11) is -1.39. The molecule has 2 rings (SSSR count). The van der Waals surface area contributed by atoms with Gasteiger partial charge in [-0.25, -0.2) is 8.42 Å². The maximum atomic E-state index is 12.0. The zero-order valence-corrected chi connectivity index (χ0v) is 9.90. The predicted octanol–water partition coefficient (Wildman–Crippen LogP) is 1.26. The summed E-state index contributed by atoms with van der Waals surface area (Å²) in [5.74, 6) is 0. The van der Waals surface area contributed by atoms with E-state index in [2.05, 4.69) is 5.32 Å². The van der Waals surface area contributed by atoms with Gasteiger partial charge in [-0.1, -0.05) is 11.6 Å². The van der Waals surface area contributed by atoms with E-state index in [1.54, 1.807) is 25.2 Å². The molecular weight excluding hydrogens is 234 g/mol. The molecule has 82 valence electrons. The van der Waals surface area contributed by atoms with E-state index < -0.39 is 9.84 Å². The number of fused-ring (bicyclic) bond motifs is 1. The first-order valence-electron chi connectivity index (χ1n) is 4.72. The Morgan fingerprint density at radius 1 is 1.53 bits per heavy atom. The highest BCUT2D eigenvalue weighted by molar-refractivity contribution is 7.92. The SMILES string of the molecule is CNCC1Cc2cc(Cl)ccc2S1(=O)=O. The molecule has 1 aromatic rings. The molecule has 0 bridgehead atoms. The third kappa shape index (κ3) is 1.77. The van der Waals surface area contributed by atoms with Gasteiger partial charge in [0, 0.05) is 11.6 Å². The lowest BCUT2D eigenvalue weighted by Gasteiger charge is -2.07. The molecular formula is C10H12ClNO2S. The van der Waals surface area contributed by atoms with Gasteiger partial charge in [-0.3, -0.25) is 0 Å². The van der Waals surface area contributed by atoms with Gasteiger partial charge < -0.3 is 5.32 Å². The second-order valence-electron chi connectivity index (χ2n) is 3.68. The van der Waals surface area contributed by atoms with Gasteiger partial charge in [0.15, 0.2) is 9.84 Å². The molecule has 0 saturated carbocycles. The van der Waals surface area contributed by atoms with Crippen LogP contribution in [-0.4, -0.2) is 27.3 Å². The molecule has 1 aliphatic heterocycles. The lowest BCUT2D eigenvalue weighted by atomic mass is 10.1. The first kappa shape index (κ1) is 10.9. The predicted molar refractivity (Wildman–Crippen MR) is 60.1 cm³/mol. The van der Waals surface area contributed by atoms with Crippen LogP contribution >= 0.6 is 11.6 Å². The fourth-order valence-corrected chi connectivity index (χ4v) is 4.03. The summed E-state index contributed by atoms with van der Waals surface area (Å²) < 4.78 is 24.0. The largest absolute Gasteiger partial charge is 0.318 e. The van der Waals surface area contributed by atoms with Gasteiger partial charge in [-0.15, -0.1) is 0 Å². The molecule has 0 aromatic heterocycles. The topological polar surface area (TPSA) is 46.2 Å². The zero-order valence-electron chi connectivity index (χ0n) is 8.33. The number of nitrogens with one attached hydrogen (secondary N) is 1. The average molecular weight is 246 g/mol. The Labute approximate surface area is 94.4 Å². The Bertz CT molecular complexity index is 484. The summed E-state index contributed by atoms with van der Waals surface area (Å²) in [6.45, 7) is 0.481. The van der Waals surface area contributed by atoms with Gasteiger partial charge >= 0.3 is 0 Å². The Balaban J connectivity index is 2.48. The molecule has 5 heteroatoms. The van der Waals surface area contributed by atoms with Crippen molar-refractivity contribution in [1.29, 1.82) is 0 Å². The molecule has 1 aliphatic rings. The molecule has 1 atom stereocenters. The Morgan fingerprint density at radius 2 is 2.27 bits per heavy atom. The van der Waals surface area contributed by atoms with E-state index in [1.165, 1.54) is 0 Å². The molecule has 1 N–H and O–H groups in total. The van der Waals surface area contributed by atoms with Crippen molar-refractivity contribution in [3.8, 4) is 0 Å². The summed E-state index contributed by atoms with van der Waals surface area (Å²) in [4.78, 5) is 0.437. The summed E-state index contributed by atoms with van der Waals surface area (Å²) >= 11 is 5.83. The number of sulfone groups is 1. The maximum absolute atomic E-state index is 12.0. The first-order chi connectivity index (χ1) is 7.05. The Hall–Kier alpha value is -0.580. The van der Waals surface area contributed by atoms with E-state index in [4.69, 9.17) is 11.6 Å². The van der Waals surface area contributed by atoms with Crippen molar-refractivity contribution in [2.75, 3.05) is 13.6 Å². The summed E-state index contributed by atoms with van der Waals surface area (Å²) in [6.07, 6.45) is 0.555. The molecule has 1 unspecified atom stereocenters. The van der Waals surface area contributed by atoms with Crippen molar-refractivity contribution in [3.05, 3.63) is 28.8 Å². The van der Waals surface area contributed by atoms with Crippen LogP contribution in [0.15, 0.2) is 23.1 Å². The van der Waals surface area contributed by atoms with E-state index in [1.807, 2.05) is 0 Å². The second kappa shape index (κ2) is 3.77. The quantitative estimate of drug-likeness (QED) is 0.853. The Morgan fingerprint density at radius 3 is 2.93 bits per heavy atom. The van der Waals surface area contributed by atoms with Crippen molar-refractivity contribution in [2.24, 2.45) is 0 Å². The van der Waals surface area contributed by atoms with E-state index >= 15 is 0 Å². The molecule has 1 aromatic carbocycles. The smallest absolute Gasteiger partial charge is 0.183 e. The van der Waals surface area contributed by atoms with Crippen LogP contribution in [0.1, 0.15) is 5.56 Å². The fourth-order valence-electron chi connectivity index (χ4n) is 1.93. The summed E-state index contributed by atoms with van der Waals surface area (Å²) in [6, 6.07) is 4.96. The molecule has 0 spiro atoms. The highest BCUT2D eigenvalue weighted by Crippen LogP contribution is 2.32. The summed E-state index contributed by atoms with van der Waals surface area (Å²) in [5.41, 5.74) is 0.836. The number of halogens is 1. The number of benzene rings is 1. The number of hydrogen-bond acceptors (Lipinski definition) is 3. The molecule has 3 nitrogen and oxygen atoms in total. The average Bonchev–Trinajstić information content (AvgIpc) is 2.39. The third-order valence-electron chi connectivity index (χ3n) is 2.65. The van der Waals surface area contributed by atoms with Crippen molar-refractivity contribution < 1.29 is 8.42 Å². The minimum atomic E-state index is -3.15. The van der Waals surface area contributed by atoms with Gasteiger partial charge in [0.25, 0.3) is 0 Å². The lowest BCUT2D eigenvalue weighted by molar-refractivity contribution is 0.581. The van der Waals surface area contributed by atoms with Gasteiger partial charge in [-0.2, -0.15) is 0 Å². The third-order valence-corrected chi connectivity index (χ3v) is 5.10. The molecule has 0 fully saturated rings. The normalized spacial score (nSPS) is 22.7. The zero-order chi connectivity index (χ0) is 11.1. The van der Waals surface area contributed by atoms with E-state index in [0.717, 1.165) is 5.56 Å². The minimum Gasteiger partial charge on any atom is -0.318 e. The molecule has 0 amide bonds. The van der Waals surface area contributed by atoms with Crippen molar-refractivity contribution in [2.45, 2.75) is 16.6 Å². The second-order valence-corrected chi connectivity index (χ2v) is 6.31. The van der Waals surface area contributed by atoms with Crippen LogP contribution in [0.5, 0.6) is 0 Å². The molecule has 0 saturated heterocycles. The highest BCUT2D eigenvalue weighted by Gasteiger charge is 2.36. The minimum absolute atomic E-state index is 0.351. The van der Waals surface area contributed by atoms with Gasteiger partial charge in [0.05, 0.1) is 10.1 Å². The monoisotopic (exact) mass is 245 g/mol. The van der Waals surface area contributed by atoms with Crippen LogP contribution in [0.4, 0.5) is 0 Å². The van der Waals surface area contributed by atoms with E-state index in [0.29, 0.717) is 22.9 Å². The molecule has 0 aliphatic carbocycles. The van der Waals surface area contributed by atoms with E-state index in [-0.39, 0.29) is 5.25 Å². The molecule has 15 heavy (non-hydrogen) atoms. The van der Waals surface area contributed by atoms with Crippen LogP contribution in [0.25, 0.3) is 0 Å². The molecule has 0 radical (unpaired) electrons. The standard InChI is InChI=1S/C10H12ClNO2S/c1-12-6-9-5-7-4-8(11)2-3-10(7)15(9,13)14/h2-4,9,12H,5-6H2,1H3. The Kier molecular flexibility index (Phi) is 2.75. The van der Waals surface area contributed by atoms with Gasteiger partial charge in [0.1, 0.15) is 0 Å². The van der Waals surface area contributed by atoms with Crippen molar-refractivity contribution in [3.63, 3.8) is 0 Å². The summed E-state index contributed by atoms with van der Waals surface area (Å²) in [5, 5.41) is 3.14. The van der Waals surface area contributed by atoms with Gasteiger partial charge in [0.2, 0.25) is 0 Å². The van der Waals surface area contributed by atoms with Crippen molar-refractivity contribution >= 4 is 21.4 Å². The van der Waals surface area contributed by atoms with Crippen LogP contribution in [-0.2, 0) is 16.3 Å². The maximum Gasteiger partial charge on any atom is 0.183 e. The molecule has 1 heterocycles. The number of rotatable bonds is 2. The van der Waals surface area contributed by atoms with Crippen LogP contribution in [0, 0.1) is 0 Å². The first-order valence-corrected chi connectivity index (χ1v) is 6.65. The highest BCUT2D eigenvalue weighted by atomic mass is 35.5. The van der Waals surface area contributed by atoms with Crippen LogP contribution in [0.3, 0.4) is 0 Å². The van der Waals surface area contributed by atoms with E-state index in [9.17, 15) is 8.42 Å². The fraction of sp³-hybridized carbons (Fsp3) is 0.400. The van der Waals surface area contributed by atoms with Crippen molar-refractivity contribution in [1.82, 2.24) is 5.32 Å². The van der Waals surface area contributed by atoms with Gasteiger partial charge in [-0.05, 0) is 37.2 Å². The van der Waals surface area contributed by atoms with Crippen LogP contribution in [0.2, 0.25) is 5.02 Å². The number of hydrogen-bond donors (Lipinski definition) is 1.